The summed E-state index contributed by atoms with van der Waals surface area (Å²) in [4.78, 5) is 11.8. The van der Waals surface area contributed by atoms with E-state index in [1.807, 2.05) is 0 Å². The van der Waals surface area contributed by atoms with Crippen molar-refractivity contribution in [1.82, 2.24) is 5.32 Å². The van der Waals surface area contributed by atoms with Gasteiger partial charge in [0.25, 0.3) is 5.91 Å². The lowest BCUT2D eigenvalue weighted by atomic mass is 10.1. The first-order chi connectivity index (χ1) is 9.56. The van der Waals surface area contributed by atoms with E-state index in [0.717, 1.165) is 5.56 Å². The Morgan fingerprint density at radius 1 is 1.05 bits per heavy atom. The highest BCUT2D eigenvalue weighted by Gasteiger charge is 2.08. The van der Waals surface area contributed by atoms with Crippen LogP contribution in [0, 0.1) is 5.82 Å². The maximum atomic E-state index is 12.7. The summed E-state index contributed by atoms with van der Waals surface area (Å²) in [6, 6.07) is 9.93. The van der Waals surface area contributed by atoms with Crippen LogP contribution < -0.4 is 5.32 Å². The van der Waals surface area contributed by atoms with Gasteiger partial charge < -0.3 is 15.5 Å². The number of carbonyl (C=O) groups is 1. The van der Waals surface area contributed by atoms with Gasteiger partial charge in [-0.25, -0.2) is 4.39 Å². The fraction of sp³-hybridized carbons (Fsp3) is 0.133. The number of hydrogen-bond acceptors (Lipinski definition) is 3. The van der Waals surface area contributed by atoms with Gasteiger partial charge in [0.15, 0.2) is 11.5 Å². The van der Waals surface area contributed by atoms with Crippen molar-refractivity contribution in [2.75, 3.05) is 6.54 Å². The number of carbonyl (C=O) groups excluding carboxylic acids is 1. The number of aromatic hydroxyl groups is 2. The maximum Gasteiger partial charge on any atom is 0.251 e. The van der Waals surface area contributed by atoms with E-state index >= 15 is 0 Å². The zero-order valence-electron chi connectivity index (χ0n) is 10.6. The Hall–Kier alpha value is -2.56. The van der Waals surface area contributed by atoms with Gasteiger partial charge in [0.1, 0.15) is 5.82 Å². The molecule has 0 fully saturated rings. The van der Waals surface area contributed by atoms with Gasteiger partial charge in [-0.2, -0.15) is 0 Å². The normalized spacial score (nSPS) is 10.2. The number of phenols is 2. The van der Waals surface area contributed by atoms with Gasteiger partial charge in [0.05, 0.1) is 0 Å². The minimum Gasteiger partial charge on any atom is -0.504 e. The number of rotatable bonds is 4. The first-order valence-corrected chi connectivity index (χ1v) is 6.11. The summed E-state index contributed by atoms with van der Waals surface area (Å²) in [5.74, 6) is -1.25. The maximum absolute atomic E-state index is 12.7. The Morgan fingerprint density at radius 2 is 1.75 bits per heavy atom. The molecule has 20 heavy (non-hydrogen) atoms. The molecule has 0 spiro atoms. The number of amides is 1. The number of nitrogens with one attached hydrogen (secondary N) is 1. The molecule has 0 heterocycles. The number of halogens is 1. The second-order valence-corrected chi connectivity index (χ2v) is 4.34. The van der Waals surface area contributed by atoms with E-state index in [2.05, 4.69) is 5.32 Å². The average molecular weight is 275 g/mol. The molecule has 104 valence electrons. The molecule has 0 unspecified atom stereocenters. The van der Waals surface area contributed by atoms with Crippen molar-refractivity contribution < 1.29 is 19.4 Å². The number of benzene rings is 2. The quantitative estimate of drug-likeness (QED) is 0.749. The zero-order valence-corrected chi connectivity index (χ0v) is 10.6. The van der Waals surface area contributed by atoms with E-state index in [4.69, 9.17) is 5.11 Å². The summed E-state index contributed by atoms with van der Waals surface area (Å²) in [5, 5.41) is 21.2. The minimum absolute atomic E-state index is 0.263. The van der Waals surface area contributed by atoms with Crippen LogP contribution in [0.5, 0.6) is 11.5 Å². The molecular formula is C15H14FNO3. The van der Waals surface area contributed by atoms with Crippen molar-refractivity contribution in [3.63, 3.8) is 0 Å². The predicted molar refractivity (Wildman–Crippen MR) is 72.2 cm³/mol. The fourth-order valence-electron chi connectivity index (χ4n) is 1.74. The Labute approximate surface area is 115 Å². The Kier molecular flexibility index (Phi) is 4.20. The van der Waals surface area contributed by atoms with E-state index in [1.54, 1.807) is 12.1 Å². The summed E-state index contributed by atoms with van der Waals surface area (Å²) in [5.41, 5.74) is 1.18. The van der Waals surface area contributed by atoms with Crippen LogP contribution in [0.1, 0.15) is 15.9 Å². The van der Waals surface area contributed by atoms with Crippen LogP contribution in [0.3, 0.4) is 0 Å². The van der Waals surface area contributed by atoms with Crippen molar-refractivity contribution in [2.24, 2.45) is 0 Å². The Balaban J connectivity index is 1.88. The van der Waals surface area contributed by atoms with Crippen molar-refractivity contribution in [3.8, 4) is 11.5 Å². The van der Waals surface area contributed by atoms with Gasteiger partial charge in [0, 0.05) is 12.1 Å². The molecule has 1 amide bonds. The molecule has 0 aromatic heterocycles. The predicted octanol–water partition coefficient (Wildman–Crippen LogP) is 2.21. The van der Waals surface area contributed by atoms with Crippen molar-refractivity contribution in [2.45, 2.75) is 6.42 Å². The minimum atomic E-state index is -0.345. The monoisotopic (exact) mass is 275 g/mol. The van der Waals surface area contributed by atoms with Crippen molar-refractivity contribution in [1.29, 1.82) is 0 Å². The molecule has 5 heteroatoms. The largest absolute Gasteiger partial charge is 0.504 e. The molecule has 2 rings (SSSR count). The molecule has 0 radical (unpaired) electrons. The lowest BCUT2D eigenvalue weighted by molar-refractivity contribution is 0.0953. The van der Waals surface area contributed by atoms with Crippen LogP contribution in [0.15, 0.2) is 42.5 Å². The lowest BCUT2D eigenvalue weighted by Crippen LogP contribution is -2.25. The Morgan fingerprint density at radius 3 is 2.40 bits per heavy atom. The topological polar surface area (TPSA) is 69.6 Å². The first kappa shape index (κ1) is 13.9. The summed E-state index contributed by atoms with van der Waals surface area (Å²) >= 11 is 0. The third-order valence-corrected chi connectivity index (χ3v) is 2.85. The Bertz CT molecular complexity index is 611. The molecule has 0 aliphatic rings. The van der Waals surface area contributed by atoms with Crippen LogP contribution in [-0.4, -0.2) is 22.7 Å². The van der Waals surface area contributed by atoms with E-state index in [9.17, 15) is 14.3 Å². The lowest BCUT2D eigenvalue weighted by Gasteiger charge is -2.06. The molecule has 0 atom stereocenters. The molecule has 0 bridgehead atoms. The third kappa shape index (κ3) is 3.47. The highest BCUT2D eigenvalue weighted by Crippen LogP contribution is 2.24. The second-order valence-electron chi connectivity index (χ2n) is 4.34. The number of hydrogen-bond donors (Lipinski definition) is 3. The van der Waals surface area contributed by atoms with Gasteiger partial charge in [-0.05, 0) is 42.3 Å². The summed E-state index contributed by atoms with van der Waals surface area (Å²) in [6.45, 7) is 0.395. The molecule has 2 aromatic carbocycles. The molecule has 3 N–H and O–H groups in total. The standard InChI is InChI=1S/C15H14FNO3/c16-12-4-1-10(2-5-12)7-8-17-15(20)11-3-6-13(18)14(19)9-11/h1-6,9,18-19H,7-8H2,(H,17,20). The van der Waals surface area contributed by atoms with Crippen LogP contribution in [0.2, 0.25) is 0 Å². The van der Waals surface area contributed by atoms with E-state index in [0.29, 0.717) is 13.0 Å². The van der Waals surface area contributed by atoms with Crippen LogP contribution >= 0.6 is 0 Å². The van der Waals surface area contributed by atoms with E-state index in [1.165, 1.54) is 30.3 Å². The highest BCUT2D eigenvalue weighted by molar-refractivity contribution is 5.94. The third-order valence-electron chi connectivity index (χ3n) is 2.85. The van der Waals surface area contributed by atoms with Gasteiger partial charge in [-0.1, -0.05) is 12.1 Å². The molecule has 0 saturated heterocycles. The van der Waals surface area contributed by atoms with Gasteiger partial charge >= 0.3 is 0 Å². The summed E-state index contributed by atoms with van der Waals surface area (Å²) in [7, 11) is 0. The van der Waals surface area contributed by atoms with Gasteiger partial charge in [0.2, 0.25) is 0 Å². The smallest absolute Gasteiger partial charge is 0.251 e. The van der Waals surface area contributed by atoms with Crippen LogP contribution in [0.4, 0.5) is 4.39 Å². The molecule has 0 aliphatic heterocycles. The summed E-state index contributed by atoms with van der Waals surface area (Å²) < 4.78 is 12.7. The first-order valence-electron chi connectivity index (χ1n) is 6.11. The molecule has 0 aliphatic carbocycles. The molecule has 0 saturated carbocycles. The van der Waals surface area contributed by atoms with E-state index in [-0.39, 0.29) is 28.8 Å². The second kappa shape index (κ2) is 6.06. The van der Waals surface area contributed by atoms with Crippen LogP contribution in [0.25, 0.3) is 0 Å². The van der Waals surface area contributed by atoms with Crippen molar-refractivity contribution >= 4 is 5.91 Å². The SMILES string of the molecule is O=C(NCCc1ccc(F)cc1)c1ccc(O)c(O)c1. The fourth-order valence-corrected chi connectivity index (χ4v) is 1.74. The molecule has 2 aromatic rings. The van der Waals surface area contributed by atoms with Crippen LogP contribution in [-0.2, 0) is 6.42 Å². The van der Waals surface area contributed by atoms with Gasteiger partial charge in [-0.3, -0.25) is 4.79 Å². The summed E-state index contributed by atoms with van der Waals surface area (Å²) in [6.07, 6.45) is 0.579. The average Bonchev–Trinajstić information content (AvgIpc) is 2.44. The number of phenolic OH excluding ortho intramolecular Hbond substituents is 2. The highest BCUT2D eigenvalue weighted by atomic mass is 19.1. The zero-order chi connectivity index (χ0) is 14.5. The molecule has 4 nitrogen and oxygen atoms in total. The van der Waals surface area contributed by atoms with E-state index < -0.39 is 0 Å². The molecular weight excluding hydrogens is 261 g/mol. The van der Waals surface area contributed by atoms with Gasteiger partial charge in [-0.15, -0.1) is 0 Å². The van der Waals surface area contributed by atoms with Crippen molar-refractivity contribution in [3.05, 3.63) is 59.4 Å².